The Morgan fingerprint density at radius 2 is 1.79 bits per heavy atom. The average molecular weight is 423 g/mol. The fraction of sp³-hybridized carbons (Fsp3) is 0.737. The van der Waals surface area contributed by atoms with E-state index in [1.807, 2.05) is 27.7 Å². The monoisotopic (exact) mass is 423 g/mol. The van der Waals surface area contributed by atoms with Crippen LogP contribution in [0.1, 0.15) is 40.5 Å². The molecule has 1 aromatic rings. The fourth-order valence-electron chi connectivity index (χ4n) is 3.30. The lowest BCUT2D eigenvalue weighted by molar-refractivity contribution is -0.143. The Kier molecular flexibility index (Phi) is 6.90. The van der Waals surface area contributed by atoms with Crippen molar-refractivity contribution in [1.29, 1.82) is 0 Å². The number of piperidine rings is 1. The van der Waals surface area contributed by atoms with Crippen molar-refractivity contribution in [2.75, 3.05) is 25.4 Å². The van der Waals surface area contributed by atoms with Crippen LogP contribution in [0.25, 0.3) is 0 Å². The van der Waals surface area contributed by atoms with Gasteiger partial charge in [-0.25, -0.2) is 9.97 Å². The number of aliphatic hydroxyl groups is 2. The van der Waals surface area contributed by atoms with Gasteiger partial charge in [0.2, 0.25) is 0 Å². The van der Waals surface area contributed by atoms with E-state index in [9.17, 15) is 9.90 Å². The number of carbonyl (C=O) groups is 1. The third-order valence-corrected chi connectivity index (χ3v) is 7.11. The zero-order valence-electron chi connectivity index (χ0n) is 17.5. The van der Waals surface area contributed by atoms with E-state index in [0.29, 0.717) is 24.2 Å². The molecular formula is C19H30BN3O5S. The van der Waals surface area contributed by atoms with Crippen molar-refractivity contribution in [1.82, 2.24) is 14.9 Å². The molecule has 0 radical (unpaired) electrons. The first kappa shape index (κ1) is 22.5. The van der Waals surface area contributed by atoms with Crippen molar-refractivity contribution in [2.24, 2.45) is 5.92 Å². The molecular weight excluding hydrogens is 393 g/mol. The smallest absolute Gasteiger partial charge is 0.399 e. The van der Waals surface area contributed by atoms with Gasteiger partial charge in [0, 0.05) is 36.7 Å². The van der Waals surface area contributed by atoms with E-state index in [1.54, 1.807) is 29.1 Å². The summed E-state index contributed by atoms with van der Waals surface area (Å²) < 4.78 is 12.0. The van der Waals surface area contributed by atoms with Crippen LogP contribution < -0.4 is 5.46 Å². The number of amides is 1. The van der Waals surface area contributed by atoms with Gasteiger partial charge in [-0.2, -0.15) is 0 Å². The summed E-state index contributed by atoms with van der Waals surface area (Å²) in [6.07, 6.45) is 3.94. The first-order valence-corrected chi connectivity index (χ1v) is 11.0. The number of hydrogen-bond donors (Lipinski definition) is 2. The summed E-state index contributed by atoms with van der Waals surface area (Å²) in [6, 6.07) is 0. The van der Waals surface area contributed by atoms with E-state index in [2.05, 4.69) is 9.97 Å². The number of likely N-dealkylation sites (tertiary alicyclic amines) is 1. The quantitative estimate of drug-likeness (QED) is 0.386. The lowest BCUT2D eigenvalue weighted by atomic mass is 9.81. The van der Waals surface area contributed by atoms with Crippen LogP contribution in [0.15, 0.2) is 17.6 Å². The molecule has 2 N–H and O–H groups in total. The molecule has 2 aliphatic heterocycles. The zero-order chi connectivity index (χ0) is 21.2. The van der Waals surface area contributed by atoms with E-state index in [-0.39, 0.29) is 5.91 Å². The molecule has 29 heavy (non-hydrogen) atoms. The minimum atomic E-state index is -1.31. The summed E-state index contributed by atoms with van der Waals surface area (Å²) in [5.74, 6) is 0.947. The van der Waals surface area contributed by atoms with Gasteiger partial charge in [-0.3, -0.25) is 4.79 Å². The molecule has 0 saturated carbocycles. The third-order valence-electron chi connectivity index (χ3n) is 6.01. The Bertz CT molecular complexity index is 694. The van der Waals surface area contributed by atoms with Gasteiger partial charge in [0.15, 0.2) is 11.3 Å². The summed E-state index contributed by atoms with van der Waals surface area (Å²) >= 11 is 1.60. The van der Waals surface area contributed by atoms with Crippen LogP contribution in [0.5, 0.6) is 0 Å². The number of aliphatic hydroxyl groups excluding tert-OH is 2. The Morgan fingerprint density at radius 3 is 2.31 bits per heavy atom. The first-order chi connectivity index (χ1) is 13.6. The van der Waals surface area contributed by atoms with E-state index < -0.39 is 31.0 Å². The van der Waals surface area contributed by atoms with Gasteiger partial charge in [0.25, 0.3) is 5.91 Å². The zero-order valence-corrected chi connectivity index (χ0v) is 18.3. The van der Waals surface area contributed by atoms with Gasteiger partial charge in [-0.05, 0) is 46.5 Å². The number of thioether (sulfide) groups is 1. The van der Waals surface area contributed by atoms with Crippen LogP contribution in [-0.4, -0.2) is 80.9 Å². The molecule has 1 amide bonds. The molecule has 0 bridgehead atoms. The fourth-order valence-corrected chi connectivity index (χ4v) is 4.28. The summed E-state index contributed by atoms with van der Waals surface area (Å²) in [5.41, 5.74) is 0.0191. The van der Waals surface area contributed by atoms with Crippen molar-refractivity contribution in [2.45, 2.75) is 63.0 Å². The van der Waals surface area contributed by atoms with Crippen LogP contribution in [0.4, 0.5) is 0 Å². The summed E-state index contributed by atoms with van der Waals surface area (Å²) in [4.78, 5) is 22.4. The normalized spacial score (nSPS) is 22.7. The molecule has 1 atom stereocenters. The molecule has 2 fully saturated rings. The molecule has 3 rings (SSSR count). The van der Waals surface area contributed by atoms with Crippen LogP contribution >= 0.6 is 11.8 Å². The highest BCUT2D eigenvalue weighted by molar-refractivity contribution is 7.99. The maximum absolute atomic E-state index is 11.9. The third kappa shape index (κ3) is 5.11. The molecule has 1 aromatic heterocycles. The molecule has 2 saturated heterocycles. The van der Waals surface area contributed by atoms with Gasteiger partial charge >= 0.3 is 7.12 Å². The molecule has 160 valence electrons. The van der Waals surface area contributed by atoms with Gasteiger partial charge in [0.1, 0.15) is 0 Å². The number of carbonyl (C=O) groups excluding carboxylic acids is 1. The lowest BCUT2D eigenvalue weighted by Crippen LogP contribution is -2.45. The Labute approximate surface area is 176 Å². The topological polar surface area (TPSA) is 105 Å². The molecule has 1 unspecified atom stereocenters. The van der Waals surface area contributed by atoms with Gasteiger partial charge in [-0.15, -0.1) is 0 Å². The largest absolute Gasteiger partial charge is 0.498 e. The van der Waals surface area contributed by atoms with Crippen molar-refractivity contribution < 1.29 is 24.3 Å². The second kappa shape index (κ2) is 8.89. The molecule has 0 aromatic carbocycles. The summed E-state index contributed by atoms with van der Waals surface area (Å²) in [5, 5.41) is 19.1. The second-order valence-corrected chi connectivity index (χ2v) is 9.65. The molecule has 0 spiro atoms. The SMILES string of the molecule is CC1(C)OB(c2cnc(SCC3CCN(C(=O)C(O)CO)CC3)nc2)OC1(C)C. The highest BCUT2D eigenvalue weighted by Crippen LogP contribution is 2.36. The number of nitrogens with zero attached hydrogens (tertiary/aromatic N) is 3. The average Bonchev–Trinajstić information content (AvgIpc) is 2.93. The predicted molar refractivity (Wildman–Crippen MR) is 111 cm³/mol. The van der Waals surface area contributed by atoms with Gasteiger partial charge in [0.05, 0.1) is 17.8 Å². The van der Waals surface area contributed by atoms with Crippen molar-refractivity contribution in [3.05, 3.63) is 12.4 Å². The minimum absolute atomic E-state index is 0.389. The van der Waals surface area contributed by atoms with E-state index in [1.165, 1.54) is 0 Å². The van der Waals surface area contributed by atoms with E-state index in [0.717, 1.165) is 24.1 Å². The number of aromatic nitrogens is 2. The maximum Gasteiger partial charge on any atom is 0.498 e. The Hall–Kier alpha value is -1.20. The minimum Gasteiger partial charge on any atom is -0.399 e. The predicted octanol–water partition coefficient (Wildman–Crippen LogP) is 0.460. The van der Waals surface area contributed by atoms with Crippen molar-refractivity contribution in [3.8, 4) is 0 Å². The molecule has 10 heteroatoms. The van der Waals surface area contributed by atoms with Crippen LogP contribution in [-0.2, 0) is 14.1 Å². The summed E-state index contributed by atoms with van der Waals surface area (Å²) in [6.45, 7) is 8.73. The van der Waals surface area contributed by atoms with Gasteiger partial charge in [-0.1, -0.05) is 11.8 Å². The molecule has 0 aliphatic carbocycles. The van der Waals surface area contributed by atoms with Gasteiger partial charge < -0.3 is 24.4 Å². The molecule has 3 heterocycles. The molecule has 2 aliphatic rings. The van der Waals surface area contributed by atoms with Crippen LogP contribution in [0.2, 0.25) is 0 Å². The Balaban J connectivity index is 1.46. The number of rotatable bonds is 6. The highest BCUT2D eigenvalue weighted by Gasteiger charge is 2.51. The highest BCUT2D eigenvalue weighted by atomic mass is 32.2. The summed E-state index contributed by atoms with van der Waals surface area (Å²) in [7, 11) is -0.463. The standard InChI is InChI=1S/C19H30BN3O5S/c1-18(2)19(3,4)28-20(27-18)14-9-21-17(22-10-14)29-12-13-5-7-23(8-6-13)16(26)15(25)11-24/h9-10,13,15,24-25H,5-8,11-12H2,1-4H3. The van der Waals surface area contributed by atoms with Crippen LogP contribution in [0.3, 0.4) is 0 Å². The van der Waals surface area contributed by atoms with Crippen LogP contribution in [0, 0.1) is 5.92 Å². The van der Waals surface area contributed by atoms with Crippen molar-refractivity contribution >= 4 is 30.3 Å². The number of hydrogen-bond acceptors (Lipinski definition) is 8. The second-order valence-electron chi connectivity index (χ2n) is 8.67. The van der Waals surface area contributed by atoms with E-state index >= 15 is 0 Å². The lowest BCUT2D eigenvalue weighted by Gasteiger charge is -2.32. The molecule has 8 nitrogen and oxygen atoms in total. The Morgan fingerprint density at radius 1 is 1.24 bits per heavy atom. The maximum atomic E-state index is 11.9. The first-order valence-electron chi connectivity index (χ1n) is 10.0. The van der Waals surface area contributed by atoms with Crippen molar-refractivity contribution in [3.63, 3.8) is 0 Å². The van der Waals surface area contributed by atoms with E-state index in [4.69, 9.17) is 14.4 Å².